The maximum atomic E-state index is 3.61. The molecule has 3 heteroatoms. The molecule has 0 aliphatic carbocycles. The highest BCUT2D eigenvalue weighted by Crippen LogP contribution is 2.28. The van der Waals surface area contributed by atoms with E-state index in [4.69, 9.17) is 0 Å². The number of hydrogen-bond donors (Lipinski definition) is 1. The monoisotopic (exact) mass is 300 g/mol. The third kappa shape index (κ3) is 3.41. The molecule has 1 aromatic heterocycles. The normalized spacial score (nSPS) is 16.8. The van der Waals surface area contributed by atoms with E-state index < -0.39 is 0 Å². The number of anilines is 2. The van der Waals surface area contributed by atoms with Gasteiger partial charge in [0.2, 0.25) is 0 Å². The highest BCUT2D eigenvalue weighted by atomic mass is 32.1. The first-order chi connectivity index (χ1) is 10.2. The van der Waals surface area contributed by atoms with Crippen LogP contribution in [0.1, 0.15) is 42.7 Å². The molecule has 112 valence electrons. The molecule has 2 nitrogen and oxygen atoms in total. The van der Waals surface area contributed by atoms with Crippen LogP contribution in [0, 0.1) is 6.92 Å². The fourth-order valence-corrected chi connectivity index (χ4v) is 4.00. The zero-order valence-electron chi connectivity index (χ0n) is 12.9. The van der Waals surface area contributed by atoms with Gasteiger partial charge in [-0.2, -0.15) is 0 Å². The smallest absolute Gasteiger partial charge is 0.0581 e. The van der Waals surface area contributed by atoms with E-state index >= 15 is 0 Å². The molecule has 1 saturated heterocycles. The number of nitrogens with zero attached hydrogens (tertiary/aromatic N) is 1. The van der Waals surface area contributed by atoms with Crippen LogP contribution < -0.4 is 10.2 Å². The molecule has 1 aliphatic heterocycles. The number of thiophene rings is 1. The Kier molecular flexibility index (Phi) is 4.49. The van der Waals surface area contributed by atoms with Crippen molar-refractivity contribution in [2.75, 3.05) is 23.3 Å². The van der Waals surface area contributed by atoms with Crippen LogP contribution in [0.15, 0.2) is 35.7 Å². The molecule has 1 unspecified atom stereocenters. The van der Waals surface area contributed by atoms with Crippen molar-refractivity contribution in [2.24, 2.45) is 0 Å². The lowest BCUT2D eigenvalue weighted by atomic mass is 10.1. The van der Waals surface area contributed by atoms with Gasteiger partial charge in [-0.1, -0.05) is 0 Å². The average molecular weight is 300 g/mol. The summed E-state index contributed by atoms with van der Waals surface area (Å²) in [6.07, 6.45) is 4.04. The Hall–Kier alpha value is -1.48. The molecule has 1 atom stereocenters. The van der Waals surface area contributed by atoms with E-state index in [1.165, 1.54) is 54.2 Å². The Balaban J connectivity index is 1.65. The van der Waals surface area contributed by atoms with Gasteiger partial charge in [0.05, 0.1) is 6.04 Å². The van der Waals surface area contributed by atoms with Crippen LogP contribution in [-0.2, 0) is 0 Å². The maximum absolute atomic E-state index is 3.61. The standard InChI is InChI=1S/C18H24N2S/c1-14-10-13-21-18(14)15(2)19-16-6-8-17(9-7-16)20-11-4-3-5-12-20/h6-10,13,15,19H,3-5,11-12H2,1-2H3. The van der Waals surface area contributed by atoms with Crippen molar-refractivity contribution >= 4 is 22.7 Å². The molecule has 2 aromatic rings. The van der Waals surface area contributed by atoms with E-state index in [2.05, 4.69) is 59.8 Å². The molecule has 1 aromatic carbocycles. The van der Waals surface area contributed by atoms with Crippen molar-refractivity contribution in [2.45, 2.75) is 39.2 Å². The van der Waals surface area contributed by atoms with Gasteiger partial charge in [-0.05, 0) is 74.4 Å². The van der Waals surface area contributed by atoms with Crippen LogP contribution in [0.5, 0.6) is 0 Å². The fraction of sp³-hybridized carbons (Fsp3) is 0.444. The van der Waals surface area contributed by atoms with Crippen molar-refractivity contribution < 1.29 is 0 Å². The maximum Gasteiger partial charge on any atom is 0.0581 e. The van der Waals surface area contributed by atoms with Gasteiger partial charge in [0.1, 0.15) is 0 Å². The molecule has 0 bridgehead atoms. The van der Waals surface area contributed by atoms with Crippen molar-refractivity contribution in [1.82, 2.24) is 0 Å². The Morgan fingerprint density at radius 1 is 1.05 bits per heavy atom. The summed E-state index contributed by atoms with van der Waals surface area (Å²) < 4.78 is 0. The minimum absolute atomic E-state index is 0.367. The predicted molar refractivity (Wildman–Crippen MR) is 93.6 cm³/mol. The minimum Gasteiger partial charge on any atom is -0.378 e. The van der Waals surface area contributed by atoms with Crippen LogP contribution in [0.3, 0.4) is 0 Å². The van der Waals surface area contributed by atoms with Crippen LogP contribution >= 0.6 is 11.3 Å². The zero-order chi connectivity index (χ0) is 14.7. The molecular formula is C18H24N2S. The van der Waals surface area contributed by atoms with Crippen molar-refractivity contribution in [3.63, 3.8) is 0 Å². The van der Waals surface area contributed by atoms with E-state index in [0.717, 1.165) is 0 Å². The molecule has 0 radical (unpaired) electrons. The average Bonchev–Trinajstić information content (AvgIpc) is 2.95. The summed E-state index contributed by atoms with van der Waals surface area (Å²) >= 11 is 1.83. The summed E-state index contributed by atoms with van der Waals surface area (Å²) in [5, 5.41) is 5.78. The second kappa shape index (κ2) is 6.52. The second-order valence-electron chi connectivity index (χ2n) is 5.93. The van der Waals surface area contributed by atoms with Gasteiger partial charge < -0.3 is 10.2 Å². The fourth-order valence-electron chi connectivity index (χ4n) is 3.06. The molecule has 0 saturated carbocycles. The van der Waals surface area contributed by atoms with E-state index in [1.807, 2.05) is 11.3 Å². The van der Waals surface area contributed by atoms with Gasteiger partial charge in [0.15, 0.2) is 0 Å². The number of rotatable bonds is 4. The van der Waals surface area contributed by atoms with E-state index in [-0.39, 0.29) is 0 Å². The summed E-state index contributed by atoms with van der Waals surface area (Å²) in [6.45, 7) is 6.83. The lowest BCUT2D eigenvalue weighted by Crippen LogP contribution is -2.29. The Labute approximate surface area is 131 Å². The first-order valence-corrected chi connectivity index (χ1v) is 8.77. The number of piperidine rings is 1. The molecule has 2 heterocycles. The van der Waals surface area contributed by atoms with Crippen LogP contribution in [0.25, 0.3) is 0 Å². The Morgan fingerprint density at radius 2 is 1.76 bits per heavy atom. The molecule has 1 aliphatic rings. The molecule has 0 amide bonds. The first-order valence-electron chi connectivity index (χ1n) is 7.89. The number of hydrogen-bond acceptors (Lipinski definition) is 3. The second-order valence-corrected chi connectivity index (χ2v) is 6.88. The minimum atomic E-state index is 0.367. The van der Waals surface area contributed by atoms with Gasteiger partial charge in [-0.25, -0.2) is 0 Å². The summed E-state index contributed by atoms with van der Waals surface area (Å²) in [6, 6.07) is 11.5. The van der Waals surface area contributed by atoms with Crippen molar-refractivity contribution in [1.29, 1.82) is 0 Å². The zero-order valence-corrected chi connectivity index (χ0v) is 13.7. The van der Waals surface area contributed by atoms with Gasteiger partial charge >= 0.3 is 0 Å². The van der Waals surface area contributed by atoms with Gasteiger partial charge in [0.25, 0.3) is 0 Å². The molecular weight excluding hydrogens is 276 g/mol. The number of benzene rings is 1. The predicted octanol–water partition coefficient (Wildman–Crippen LogP) is 5.22. The molecule has 1 N–H and O–H groups in total. The lowest BCUT2D eigenvalue weighted by molar-refractivity contribution is 0.578. The van der Waals surface area contributed by atoms with Crippen LogP contribution in [0.4, 0.5) is 11.4 Å². The van der Waals surface area contributed by atoms with Gasteiger partial charge in [-0.15, -0.1) is 11.3 Å². The largest absolute Gasteiger partial charge is 0.378 e. The lowest BCUT2D eigenvalue weighted by Gasteiger charge is -2.29. The summed E-state index contributed by atoms with van der Waals surface area (Å²) in [5.41, 5.74) is 3.95. The van der Waals surface area contributed by atoms with E-state index in [1.54, 1.807) is 0 Å². The van der Waals surface area contributed by atoms with E-state index in [9.17, 15) is 0 Å². The van der Waals surface area contributed by atoms with E-state index in [0.29, 0.717) is 6.04 Å². The summed E-state index contributed by atoms with van der Waals surface area (Å²) in [7, 11) is 0. The van der Waals surface area contributed by atoms with Crippen molar-refractivity contribution in [3.05, 3.63) is 46.2 Å². The Bertz CT molecular complexity index is 567. The van der Waals surface area contributed by atoms with Gasteiger partial charge in [0, 0.05) is 29.3 Å². The SMILES string of the molecule is Cc1ccsc1C(C)Nc1ccc(N2CCCCC2)cc1. The summed E-state index contributed by atoms with van der Waals surface area (Å²) in [5.74, 6) is 0. The van der Waals surface area contributed by atoms with Crippen LogP contribution in [0.2, 0.25) is 0 Å². The third-order valence-electron chi connectivity index (χ3n) is 4.27. The third-order valence-corrected chi connectivity index (χ3v) is 5.47. The molecule has 3 rings (SSSR count). The van der Waals surface area contributed by atoms with Gasteiger partial charge in [-0.3, -0.25) is 0 Å². The molecule has 1 fully saturated rings. The molecule has 21 heavy (non-hydrogen) atoms. The van der Waals surface area contributed by atoms with Crippen molar-refractivity contribution in [3.8, 4) is 0 Å². The topological polar surface area (TPSA) is 15.3 Å². The Morgan fingerprint density at radius 3 is 2.38 bits per heavy atom. The molecule has 0 spiro atoms. The first kappa shape index (κ1) is 14.5. The highest BCUT2D eigenvalue weighted by molar-refractivity contribution is 7.10. The van der Waals surface area contributed by atoms with Crippen LogP contribution in [-0.4, -0.2) is 13.1 Å². The highest BCUT2D eigenvalue weighted by Gasteiger charge is 2.12. The quantitative estimate of drug-likeness (QED) is 0.832. The number of aryl methyl sites for hydroxylation is 1. The number of nitrogens with one attached hydrogen (secondary N) is 1. The summed E-state index contributed by atoms with van der Waals surface area (Å²) in [4.78, 5) is 3.93.